The molecule has 0 bridgehead atoms. The molecule has 19 heavy (non-hydrogen) atoms. The first kappa shape index (κ1) is 14.0. The molecule has 5 N–H and O–H groups in total. The lowest BCUT2D eigenvalue weighted by molar-refractivity contribution is 0.0925. The van der Waals surface area contributed by atoms with Crippen LogP contribution in [0.4, 0.5) is 5.69 Å². The lowest BCUT2D eigenvalue weighted by Crippen LogP contribution is -2.30. The molecule has 2 rings (SSSR count). The molecule has 7 heteroatoms. The van der Waals surface area contributed by atoms with Gasteiger partial charge in [-0.05, 0) is 24.3 Å². The van der Waals surface area contributed by atoms with E-state index < -0.39 is 5.91 Å². The molecule has 5 nitrogen and oxygen atoms in total. The summed E-state index contributed by atoms with van der Waals surface area (Å²) in [5, 5.41) is 0. The highest BCUT2D eigenvalue weighted by atomic mass is 79.9. The Kier molecular flexibility index (Phi) is 4.52. The van der Waals surface area contributed by atoms with Gasteiger partial charge >= 0.3 is 5.91 Å². The number of halogens is 1. The van der Waals surface area contributed by atoms with Crippen LogP contribution in [0.5, 0.6) is 0 Å². The van der Waals surface area contributed by atoms with Gasteiger partial charge in [-0.1, -0.05) is 15.9 Å². The summed E-state index contributed by atoms with van der Waals surface area (Å²) in [4.78, 5) is 12.4. The smallest absolute Gasteiger partial charge is 0.301 e. The molecule has 0 aliphatic heterocycles. The minimum absolute atomic E-state index is 0.226. The first-order valence-electron chi connectivity index (χ1n) is 5.37. The van der Waals surface area contributed by atoms with Crippen LogP contribution < -0.4 is 17.0 Å². The maximum atomic E-state index is 11.5. The van der Waals surface area contributed by atoms with Gasteiger partial charge in [-0.25, -0.2) is 5.84 Å². The molecule has 0 aliphatic rings. The predicted molar refractivity (Wildman–Crippen MR) is 78.5 cm³/mol. The van der Waals surface area contributed by atoms with Gasteiger partial charge in [0, 0.05) is 26.4 Å². The molecule has 0 atom stereocenters. The Morgan fingerprint density at radius 3 is 2.95 bits per heavy atom. The molecule has 1 aromatic carbocycles. The summed E-state index contributed by atoms with van der Waals surface area (Å²) < 4.78 is 6.07. The highest BCUT2D eigenvalue weighted by molar-refractivity contribution is 9.10. The van der Waals surface area contributed by atoms with E-state index in [9.17, 15) is 4.79 Å². The van der Waals surface area contributed by atoms with E-state index in [1.54, 1.807) is 6.07 Å². The van der Waals surface area contributed by atoms with Crippen LogP contribution in [0, 0.1) is 0 Å². The maximum absolute atomic E-state index is 11.5. The number of hydrazine groups is 1. The quantitative estimate of drug-likeness (QED) is 0.261. The Balaban J connectivity index is 2.13. The number of amides is 1. The average Bonchev–Trinajstić information content (AvgIpc) is 2.87. The molecule has 2 aromatic rings. The molecule has 0 fully saturated rings. The number of rotatable bonds is 4. The molecule has 100 valence electrons. The van der Waals surface area contributed by atoms with Crippen LogP contribution in [0.1, 0.15) is 16.1 Å². The minimum Gasteiger partial charge on any atom is -0.459 e. The van der Waals surface area contributed by atoms with Gasteiger partial charge in [0.25, 0.3) is 0 Å². The zero-order valence-electron chi connectivity index (χ0n) is 9.85. The van der Waals surface area contributed by atoms with Gasteiger partial charge < -0.3 is 10.2 Å². The van der Waals surface area contributed by atoms with Crippen LogP contribution in [0.25, 0.3) is 0 Å². The first-order valence-corrected chi connectivity index (χ1v) is 7.15. The van der Waals surface area contributed by atoms with E-state index in [0.717, 1.165) is 14.9 Å². The third kappa shape index (κ3) is 3.31. The summed E-state index contributed by atoms with van der Waals surface area (Å²) in [6.45, 7) is 0. The van der Waals surface area contributed by atoms with Crippen LogP contribution in [0.15, 0.2) is 44.3 Å². The van der Waals surface area contributed by atoms with Crippen LogP contribution in [-0.2, 0) is 5.75 Å². The third-order valence-corrected chi connectivity index (χ3v) is 4.06. The monoisotopic (exact) mass is 341 g/mol. The Morgan fingerprint density at radius 2 is 2.21 bits per heavy atom. The number of furan rings is 1. The summed E-state index contributed by atoms with van der Waals surface area (Å²) in [7, 11) is 0. The summed E-state index contributed by atoms with van der Waals surface area (Å²) in [6, 6.07) is 7.38. The van der Waals surface area contributed by atoms with Crippen LogP contribution in [0.2, 0.25) is 0 Å². The van der Waals surface area contributed by atoms with Crippen molar-refractivity contribution in [3.8, 4) is 0 Å². The fourth-order valence-corrected chi connectivity index (χ4v) is 3.00. The Bertz CT molecular complexity index is 600. The zero-order valence-corrected chi connectivity index (χ0v) is 12.3. The van der Waals surface area contributed by atoms with E-state index in [1.165, 1.54) is 18.0 Å². The molecular formula is C12H12BrN3O2S. The summed E-state index contributed by atoms with van der Waals surface area (Å²) in [5.74, 6) is 5.44. The van der Waals surface area contributed by atoms with Crippen LogP contribution >= 0.6 is 27.7 Å². The van der Waals surface area contributed by atoms with Crippen molar-refractivity contribution in [2.24, 2.45) is 5.84 Å². The molecule has 1 heterocycles. The fourth-order valence-electron chi connectivity index (χ4n) is 1.50. The summed E-state index contributed by atoms with van der Waals surface area (Å²) in [5.41, 5.74) is 9.41. The standard InChI is InChI=1S/C12H12BrN3O2S/c13-8-1-2-9(14)10(5-8)19-6-7-3-4-18-11(7)12(17)16-15/h1-5H,6,14-15H2,(H,16,17). The van der Waals surface area contributed by atoms with Crippen molar-refractivity contribution < 1.29 is 9.21 Å². The summed E-state index contributed by atoms with van der Waals surface area (Å²) in [6.07, 6.45) is 1.46. The van der Waals surface area contributed by atoms with Crippen molar-refractivity contribution in [2.45, 2.75) is 10.6 Å². The molecule has 0 radical (unpaired) electrons. The number of hydrogen-bond donors (Lipinski definition) is 3. The van der Waals surface area contributed by atoms with Gasteiger partial charge in [-0.2, -0.15) is 0 Å². The number of nitrogens with one attached hydrogen (secondary N) is 1. The molecule has 1 aromatic heterocycles. The number of nitrogens with two attached hydrogens (primary N) is 2. The van der Waals surface area contributed by atoms with Crippen molar-refractivity contribution >= 4 is 39.3 Å². The van der Waals surface area contributed by atoms with Crippen molar-refractivity contribution in [1.29, 1.82) is 0 Å². The fraction of sp³-hybridized carbons (Fsp3) is 0.0833. The van der Waals surface area contributed by atoms with Gasteiger partial charge in [0.1, 0.15) is 0 Å². The first-order chi connectivity index (χ1) is 9.11. The maximum Gasteiger partial charge on any atom is 0.301 e. The Hall–Kier alpha value is -1.44. The number of carbonyl (C=O) groups excluding carboxylic acids is 1. The van der Waals surface area contributed by atoms with Crippen molar-refractivity contribution in [1.82, 2.24) is 5.43 Å². The Labute approximate surface area is 122 Å². The molecule has 0 spiro atoms. The van der Waals surface area contributed by atoms with Gasteiger partial charge in [-0.3, -0.25) is 10.2 Å². The van der Waals surface area contributed by atoms with Crippen molar-refractivity contribution in [3.05, 3.63) is 46.3 Å². The SMILES string of the molecule is NNC(=O)c1occc1CSc1cc(Br)ccc1N. The molecule has 1 amide bonds. The minimum atomic E-state index is -0.442. The number of hydrogen-bond acceptors (Lipinski definition) is 5. The van der Waals surface area contributed by atoms with E-state index in [-0.39, 0.29) is 5.76 Å². The second kappa shape index (κ2) is 6.14. The van der Waals surface area contributed by atoms with Crippen molar-refractivity contribution in [2.75, 3.05) is 5.73 Å². The molecule has 0 saturated heterocycles. The van der Waals surface area contributed by atoms with E-state index in [2.05, 4.69) is 21.4 Å². The van der Waals surface area contributed by atoms with E-state index >= 15 is 0 Å². The van der Waals surface area contributed by atoms with Gasteiger partial charge in [0.15, 0.2) is 5.76 Å². The van der Waals surface area contributed by atoms with Gasteiger partial charge in [-0.15, -0.1) is 11.8 Å². The lowest BCUT2D eigenvalue weighted by Gasteiger charge is -2.06. The van der Waals surface area contributed by atoms with E-state index in [4.69, 9.17) is 16.0 Å². The largest absolute Gasteiger partial charge is 0.459 e. The molecule has 0 unspecified atom stereocenters. The average molecular weight is 342 g/mol. The second-order valence-corrected chi connectivity index (χ2v) is 5.65. The molecule has 0 aliphatic carbocycles. The number of anilines is 1. The van der Waals surface area contributed by atoms with Crippen molar-refractivity contribution in [3.63, 3.8) is 0 Å². The van der Waals surface area contributed by atoms with E-state index in [0.29, 0.717) is 11.4 Å². The normalized spacial score (nSPS) is 10.4. The predicted octanol–water partition coefficient (Wildman–Crippen LogP) is 2.52. The van der Waals surface area contributed by atoms with Crippen LogP contribution in [-0.4, -0.2) is 5.91 Å². The Morgan fingerprint density at radius 1 is 1.42 bits per heavy atom. The topological polar surface area (TPSA) is 94.3 Å². The second-order valence-electron chi connectivity index (χ2n) is 3.72. The lowest BCUT2D eigenvalue weighted by atomic mass is 10.3. The van der Waals surface area contributed by atoms with E-state index in [1.807, 2.05) is 18.2 Å². The van der Waals surface area contributed by atoms with Gasteiger partial charge in [0.2, 0.25) is 0 Å². The molecular weight excluding hydrogens is 330 g/mol. The highest BCUT2D eigenvalue weighted by Gasteiger charge is 2.14. The third-order valence-electron chi connectivity index (χ3n) is 2.44. The number of carbonyl (C=O) groups is 1. The highest BCUT2D eigenvalue weighted by Crippen LogP contribution is 2.31. The molecule has 0 saturated carbocycles. The van der Waals surface area contributed by atoms with Gasteiger partial charge in [0.05, 0.1) is 6.26 Å². The zero-order chi connectivity index (χ0) is 13.8. The number of thioether (sulfide) groups is 1. The number of nitrogen functional groups attached to an aromatic ring is 2. The van der Waals surface area contributed by atoms with Crippen LogP contribution in [0.3, 0.4) is 0 Å². The summed E-state index contributed by atoms with van der Waals surface area (Å²) >= 11 is 4.92. The number of benzene rings is 1.